The third kappa shape index (κ3) is 5.36. The van der Waals surface area contributed by atoms with Gasteiger partial charge >= 0.3 is 0 Å². The fourth-order valence-corrected chi connectivity index (χ4v) is 4.67. The highest BCUT2D eigenvalue weighted by molar-refractivity contribution is 5.41. The highest BCUT2D eigenvalue weighted by Crippen LogP contribution is 2.33. The Labute approximate surface area is 190 Å². The third-order valence-corrected chi connectivity index (χ3v) is 6.57. The molecule has 32 heavy (non-hydrogen) atoms. The first-order valence-corrected chi connectivity index (χ1v) is 11.5. The van der Waals surface area contributed by atoms with Gasteiger partial charge in [0.1, 0.15) is 17.6 Å². The van der Waals surface area contributed by atoms with E-state index in [0.29, 0.717) is 17.6 Å². The summed E-state index contributed by atoms with van der Waals surface area (Å²) in [4.78, 5) is 10.9. The standard InChI is InChI=1S/C24H33N7O/c1-16(2)31-8-6-17(7-9-31)10-18-4-5-20(22(11-18)32-3)21-12-23(30-29-21)28-24-15-26-19(13-25)14-27-24/h4-5,11,14-17,21,23,29-30H,6-10,12H2,1-3H3,(H,27,28). The molecule has 2 aromatic rings. The summed E-state index contributed by atoms with van der Waals surface area (Å²) < 4.78 is 5.77. The molecule has 8 heteroatoms. The molecule has 0 bridgehead atoms. The van der Waals surface area contributed by atoms with Crippen LogP contribution in [0, 0.1) is 17.2 Å². The Kier molecular flexibility index (Phi) is 7.20. The number of hydrogen-bond donors (Lipinski definition) is 3. The van der Waals surface area contributed by atoms with E-state index in [9.17, 15) is 0 Å². The van der Waals surface area contributed by atoms with E-state index in [2.05, 4.69) is 63.1 Å². The van der Waals surface area contributed by atoms with Crippen LogP contribution >= 0.6 is 0 Å². The summed E-state index contributed by atoms with van der Waals surface area (Å²) in [5, 5.41) is 12.2. The number of aromatic nitrogens is 2. The second-order valence-corrected chi connectivity index (χ2v) is 9.03. The lowest BCUT2D eigenvalue weighted by Gasteiger charge is -2.34. The zero-order chi connectivity index (χ0) is 22.5. The maximum Gasteiger partial charge on any atom is 0.158 e. The van der Waals surface area contributed by atoms with Gasteiger partial charge in [0.25, 0.3) is 0 Å². The molecule has 2 fully saturated rings. The van der Waals surface area contributed by atoms with E-state index in [-0.39, 0.29) is 12.2 Å². The minimum absolute atomic E-state index is 0.00207. The average Bonchev–Trinajstić information content (AvgIpc) is 3.28. The Morgan fingerprint density at radius 3 is 2.69 bits per heavy atom. The van der Waals surface area contributed by atoms with Gasteiger partial charge in [0.05, 0.1) is 31.7 Å². The van der Waals surface area contributed by atoms with Crippen molar-refractivity contribution in [1.82, 2.24) is 25.7 Å². The molecule has 4 rings (SSSR count). The second kappa shape index (κ2) is 10.3. The number of ether oxygens (including phenoxy) is 1. The van der Waals surface area contributed by atoms with Crippen LogP contribution in [0.5, 0.6) is 5.75 Å². The van der Waals surface area contributed by atoms with Gasteiger partial charge in [-0.25, -0.2) is 20.8 Å². The molecule has 0 spiro atoms. The predicted octanol–water partition coefficient (Wildman–Crippen LogP) is 3.00. The molecule has 2 aliphatic heterocycles. The zero-order valence-electron chi connectivity index (χ0n) is 19.1. The lowest BCUT2D eigenvalue weighted by Crippen LogP contribution is -2.38. The molecule has 3 N–H and O–H groups in total. The smallest absolute Gasteiger partial charge is 0.158 e. The Morgan fingerprint density at radius 1 is 1.22 bits per heavy atom. The first-order chi connectivity index (χ1) is 15.6. The molecule has 3 heterocycles. The molecule has 1 aromatic carbocycles. The number of hydrogen-bond acceptors (Lipinski definition) is 8. The summed E-state index contributed by atoms with van der Waals surface area (Å²) in [5.74, 6) is 2.31. The SMILES string of the molecule is COc1cc(CC2CCN(C(C)C)CC2)ccc1C1CC(Nc2cnc(C#N)cn2)NN1. The number of rotatable bonds is 7. The highest BCUT2D eigenvalue weighted by Gasteiger charge is 2.28. The third-order valence-electron chi connectivity index (χ3n) is 6.57. The van der Waals surface area contributed by atoms with Crippen LogP contribution in [-0.2, 0) is 6.42 Å². The Bertz CT molecular complexity index is 932. The van der Waals surface area contributed by atoms with Crippen molar-refractivity contribution in [1.29, 1.82) is 5.26 Å². The van der Waals surface area contributed by atoms with Gasteiger partial charge in [0.15, 0.2) is 5.69 Å². The largest absolute Gasteiger partial charge is 0.496 e. The Balaban J connectivity index is 1.35. The van der Waals surface area contributed by atoms with E-state index >= 15 is 0 Å². The quantitative estimate of drug-likeness (QED) is 0.611. The van der Waals surface area contributed by atoms with Crippen molar-refractivity contribution in [3.8, 4) is 11.8 Å². The average molecular weight is 436 g/mol. The minimum atomic E-state index is -0.00207. The molecule has 2 saturated heterocycles. The van der Waals surface area contributed by atoms with Crippen molar-refractivity contribution in [3.63, 3.8) is 0 Å². The van der Waals surface area contributed by atoms with Crippen LogP contribution < -0.4 is 20.9 Å². The molecule has 1 aromatic heterocycles. The van der Waals surface area contributed by atoms with Gasteiger partial charge < -0.3 is 15.0 Å². The van der Waals surface area contributed by atoms with Crippen LogP contribution in [0.15, 0.2) is 30.6 Å². The maximum atomic E-state index is 8.86. The molecule has 0 aliphatic carbocycles. The maximum absolute atomic E-state index is 8.86. The number of benzene rings is 1. The van der Waals surface area contributed by atoms with Crippen molar-refractivity contribution in [2.45, 2.75) is 57.8 Å². The number of nitrogens with zero attached hydrogens (tertiary/aromatic N) is 4. The van der Waals surface area contributed by atoms with Crippen molar-refractivity contribution in [3.05, 3.63) is 47.4 Å². The predicted molar refractivity (Wildman–Crippen MR) is 124 cm³/mol. The topological polar surface area (TPSA) is 98.1 Å². The number of methoxy groups -OCH3 is 1. The lowest BCUT2D eigenvalue weighted by atomic mass is 9.89. The molecular formula is C24H33N7O. The molecule has 170 valence electrons. The summed E-state index contributed by atoms with van der Waals surface area (Å²) in [6.07, 6.45) is 7.51. The van der Waals surface area contributed by atoms with Crippen molar-refractivity contribution in [2.75, 3.05) is 25.5 Å². The Morgan fingerprint density at radius 2 is 2.03 bits per heavy atom. The first kappa shape index (κ1) is 22.5. The summed E-state index contributed by atoms with van der Waals surface area (Å²) in [5.41, 5.74) is 9.43. The van der Waals surface area contributed by atoms with E-state index in [4.69, 9.17) is 10.00 Å². The Hall–Kier alpha value is -2.73. The van der Waals surface area contributed by atoms with Gasteiger partial charge in [-0.15, -0.1) is 0 Å². The van der Waals surface area contributed by atoms with E-state index in [1.54, 1.807) is 13.3 Å². The highest BCUT2D eigenvalue weighted by atomic mass is 16.5. The summed E-state index contributed by atoms with van der Waals surface area (Å²) in [6.45, 7) is 6.97. The number of anilines is 1. The van der Waals surface area contributed by atoms with Gasteiger partial charge in [-0.3, -0.25) is 0 Å². The van der Waals surface area contributed by atoms with Crippen LogP contribution in [0.2, 0.25) is 0 Å². The van der Waals surface area contributed by atoms with E-state index in [0.717, 1.165) is 30.1 Å². The van der Waals surface area contributed by atoms with Crippen LogP contribution in [0.4, 0.5) is 5.82 Å². The lowest BCUT2D eigenvalue weighted by molar-refractivity contribution is 0.149. The fraction of sp³-hybridized carbons (Fsp3) is 0.542. The summed E-state index contributed by atoms with van der Waals surface area (Å²) in [7, 11) is 1.74. The van der Waals surface area contributed by atoms with Crippen LogP contribution in [0.3, 0.4) is 0 Å². The van der Waals surface area contributed by atoms with Gasteiger partial charge in [-0.2, -0.15) is 5.26 Å². The number of piperidine rings is 1. The van der Waals surface area contributed by atoms with Crippen LogP contribution in [0.1, 0.15) is 56.0 Å². The van der Waals surface area contributed by atoms with Crippen molar-refractivity contribution < 1.29 is 4.74 Å². The number of likely N-dealkylation sites (tertiary alicyclic amines) is 1. The van der Waals surface area contributed by atoms with E-state index in [1.165, 1.54) is 37.7 Å². The first-order valence-electron chi connectivity index (χ1n) is 11.5. The normalized spacial score (nSPS) is 22.1. The molecule has 0 amide bonds. The summed E-state index contributed by atoms with van der Waals surface area (Å²) in [6, 6.07) is 9.40. The molecule has 2 unspecified atom stereocenters. The van der Waals surface area contributed by atoms with Gasteiger partial charge in [0.2, 0.25) is 0 Å². The van der Waals surface area contributed by atoms with Crippen LogP contribution in [0.25, 0.3) is 0 Å². The van der Waals surface area contributed by atoms with Crippen molar-refractivity contribution >= 4 is 5.82 Å². The van der Waals surface area contributed by atoms with Gasteiger partial charge in [-0.05, 0) is 63.7 Å². The fourth-order valence-electron chi connectivity index (χ4n) is 4.67. The molecule has 0 saturated carbocycles. The number of nitrogens with one attached hydrogen (secondary N) is 3. The molecule has 8 nitrogen and oxygen atoms in total. The van der Waals surface area contributed by atoms with E-state index in [1.807, 2.05) is 6.07 Å². The van der Waals surface area contributed by atoms with E-state index < -0.39 is 0 Å². The second-order valence-electron chi connectivity index (χ2n) is 9.03. The minimum Gasteiger partial charge on any atom is -0.496 e. The summed E-state index contributed by atoms with van der Waals surface area (Å²) >= 11 is 0. The number of hydrazine groups is 1. The molecule has 0 radical (unpaired) electrons. The molecule has 2 atom stereocenters. The number of nitriles is 1. The zero-order valence-corrected chi connectivity index (χ0v) is 19.1. The van der Waals surface area contributed by atoms with Crippen LogP contribution in [-0.4, -0.2) is 47.3 Å². The van der Waals surface area contributed by atoms with Gasteiger partial charge in [-0.1, -0.05) is 12.1 Å². The monoisotopic (exact) mass is 435 g/mol. The van der Waals surface area contributed by atoms with Crippen molar-refractivity contribution in [2.24, 2.45) is 5.92 Å². The molecule has 2 aliphatic rings. The van der Waals surface area contributed by atoms with Gasteiger partial charge in [0, 0.05) is 18.0 Å². The molecular weight excluding hydrogens is 402 g/mol.